The van der Waals surface area contributed by atoms with Crippen molar-refractivity contribution in [1.82, 2.24) is 0 Å². The fourth-order valence-electron chi connectivity index (χ4n) is 1.29. The van der Waals surface area contributed by atoms with E-state index in [1.54, 1.807) is 12.1 Å². The van der Waals surface area contributed by atoms with Crippen LogP contribution in [0.4, 0.5) is 0 Å². The molecule has 0 N–H and O–H groups in total. The van der Waals surface area contributed by atoms with Gasteiger partial charge in [0.25, 0.3) is 0 Å². The van der Waals surface area contributed by atoms with Crippen molar-refractivity contribution in [1.29, 1.82) is 0 Å². The van der Waals surface area contributed by atoms with Gasteiger partial charge >= 0.3 is 5.97 Å². The Labute approximate surface area is 101 Å². The van der Waals surface area contributed by atoms with E-state index in [1.165, 1.54) is 22.7 Å². The molecule has 0 unspecified atom stereocenters. The Morgan fingerprint density at radius 2 is 2.12 bits per heavy atom. The first-order chi connectivity index (χ1) is 7.60. The fourth-order valence-corrected chi connectivity index (χ4v) is 3.45. The third-order valence-corrected chi connectivity index (χ3v) is 4.19. The molecule has 84 valence electrons. The summed E-state index contributed by atoms with van der Waals surface area (Å²) in [6.07, 6.45) is 0.710. The van der Waals surface area contributed by atoms with Crippen LogP contribution in [0.15, 0.2) is 12.1 Å². The van der Waals surface area contributed by atoms with Crippen LogP contribution in [0.1, 0.15) is 33.2 Å². The zero-order valence-electron chi connectivity index (χ0n) is 8.85. The summed E-state index contributed by atoms with van der Waals surface area (Å²) in [6.45, 7) is 3.64. The van der Waals surface area contributed by atoms with Gasteiger partial charge in [0, 0.05) is 5.39 Å². The molecule has 0 aromatic carbocycles. The Balaban J connectivity index is 2.29. The Kier molecular flexibility index (Phi) is 3.07. The number of hydrogen-bond acceptors (Lipinski definition) is 5. The van der Waals surface area contributed by atoms with Crippen molar-refractivity contribution in [2.75, 3.05) is 0 Å². The zero-order valence-corrected chi connectivity index (χ0v) is 10.5. The number of thiophene rings is 2. The molecule has 2 aromatic heterocycles. The number of esters is 1. The molecule has 2 heterocycles. The highest BCUT2D eigenvalue weighted by atomic mass is 32.2. The van der Waals surface area contributed by atoms with Gasteiger partial charge in [0.05, 0.1) is 15.0 Å². The molecule has 0 saturated heterocycles. The molecule has 0 saturated carbocycles. The SMILES string of the molecule is CC(C)OC(=O)c1cc2cc(C=O)sc2s1. The molecule has 0 fully saturated rings. The maximum atomic E-state index is 11.6. The summed E-state index contributed by atoms with van der Waals surface area (Å²) in [6, 6.07) is 3.56. The molecular formula is C11H10O3S2. The normalized spacial score (nSPS) is 10.9. The summed E-state index contributed by atoms with van der Waals surface area (Å²) in [7, 11) is 0. The Morgan fingerprint density at radius 3 is 2.69 bits per heavy atom. The molecule has 3 nitrogen and oxygen atoms in total. The van der Waals surface area contributed by atoms with E-state index in [1.807, 2.05) is 13.8 Å². The van der Waals surface area contributed by atoms with Crippen LogP contribution in [0.25, 0.3) is 9.40 Å². The van der Waals surface area contributed by atoms with Gasteiger partial charge in [-0.05, 0) is 26.0 Å². The summed E-state index contributed by atoms with van der Waals surface area (Å²) in [5, 5.41) is 0.938. The van der Waals surface area contributed by atoms with Crippen LogP contribution in [0.2, 0.25) is 0 Å². The standard InChI is InChI=1S/C11H10O3S2/c1-6(2)14-10(13)9-4-7-3-8(5-12)15-11(7)16-9/h3-6H,1-2H3. The first-order valence-corrected chi connectivity index (χ1v) is 6.43. The molecule has 0 aliphatic heterocycles. The third kappa shape index (κ3) is 2.15. The molecule has 2 aromatic rings. The maximum Gasteiger partial charge on any atom is 0.348 e. The lowest BCUT2D eigenvalue weighted by molar-refractivity contribution is 0.0384. The van der Waals surface area contributed by atoms with Crippen molar-refractivity contribution in [3.8, 4) is 0 Å². The Morgan fingerprint density at radius 1 is 1.38 bits per heavy atom. The molecule has 0 spiro atoms. The molecule has 0 aliphatic carbocycles. The van der Waals surface area contributed by atoms with Gasteiger partial charge in [-0.3, -0.25) is 4.79 Å². The number of ether oxygens (including phenoxy) is 1. The molecule has 0 atom stereocenters. The van der Waals surface area contributed by atoms with Crippen LogP contribution in [-0.4, -0.2) is 18.4 Å². The Hall–Kier alpha value is -1.20. The number of rotatable bonds is 3. The van der Waals surface area contributed by atoms with Crippen molar-refractivity contribution in [2.24, 2.45) is 0 Å². The van der Waals surface area contributed by atoms with Crippen LogP contribution >= 0.6 is 22.7 Å². The van der Waals surface area contributed by atoms with Crippen molar-refractivity contribution in [3.05, 3.63) is 21.9 Å². The van der Waals surface area contributed by atoms with Gasteiger partial charge in [-0.25, -0.2) is 4.79 Å². The second-order valence-electron chi connectivity index (χ2n) is 3.57. The van der Waals surface area contributed by atoms with Crippen molar-refractivity contribution < 1.29 is 14.3 Å². The topological polar surface area (TPSA) is 43.4 Å². The van der Waals surface area contributed by atoms with Gasteiger partial charge < -0.3 is 4.74 Å². The number of hydrogen-bond donors (Lipinski definition) is 0. The van der Waals surface area contributed by atoms with E-state index in [0.717, 1.165) is 15.7 Å². The number of aldehydes is 1. The van der Waals surface area contributed by atoms with Gasteiger partial charge in [-0.15, -0.1) is 22.7 Å². The molecular weight excluding hydrogens is 244 g/mol. The lowest BCUT2D eigenvalue weighted by Crippen LogP contribution is -2.09. The Bertz CT molecular complexity index is 505. The smallest absolute Gasteiger partial charge is 0.348 e. The number of carbonyl (C=O) groups excluding carboxylic acids is 2. The van der Waals surface area contributed by atoms with E-state index in [0.29, 0.717) is 9.75 Å². The van der Waals surface area contributed by atoms with E-state index in [-0.39, 0.29) is 12.1 Å². The summed E-state index contributed by atoms with van der Waals surface area (Å²) in [4.78, 5) is 23.4. The largest absolute Gasteiger partial charge is 0.459 e. The van der Waals surface area contributed by atoms with Gasteiger partial charge in [-0.1, -0.05) is 0 Å². The first kappa shape index (κ1) is 11.3. The van der Waals surface area contributed by atoms with Crippen molar-refractivity contribution in [2.45, 2.75) is 20.0 Å². The lowest BCUT2D eigenvalue weighted by Gasteiger charge is -2.05. The second-order valence-corrected chi connectivity index (χ2v) is 5.97. The van der Waals surface area contributed by atoms with Crippen molar-refractivity contribution in [3.63, 3.8) is 0 Å². The van der Waals surface area contributed by atoms with E-state index in [4.69, 9.17) is 4.74 Å². The molecule has 0 radical (unpaired) electrons. The summed E-state index contributed by atoms with van der Waals surface area (Å²) < 4.78 is 6.08. The monoisotopic (exact) mass is 254 g/mol. The van der Waals surface area contributed by atoms with Gasteiger partial charge in [-0.2, -0.15) is 0 Å². The minimum absolute atomic E-state index is 0.113. The quantitative estimate of drug-likeness (QED) is 0.623. The van der Waals surface area contributed by atoms with Crippen LogP contribution in [0, 0.1) is 0 Å². The maximum absolute atomic E-state index is 11.6. The average molecular weight is 254 g/mol. The minimum atomic E-state index is -0.295. The van der Waals surface area contributed by atoms with Gasteiger partial charge in [0.15, 0.2) is 6.29 Å². The lowest BCUT2D eigenvalue weighted by atomic mass is 10.3. The predicted octanol–water partition coefficient (Wildman–Crippen LogP) is 3.34. The molecule has 0 amide bonds. The fraction of sp³-hybridized carbons (Fsp3) is 0.273. The summed E-state index contributed by atoms with van der Waals surface area (Å²) in [5.41, 5.74) is 0. The van der Waals surface area contributed by atoms with E-state index < -0.39 is 0 Å². The highest BCUT2D eigenvalue weighted by molar-refractivity contribution is 7.39. The number of carbonyl (C=O) groups is 2. The number of fused-ring (bicyclic) bond motifs is 1. The molecule has 16 heavy (non-hydrogen) atoms. The van der Waals surface area contributed by atoms with E-state index >= 15 is 0 Å². The summed E-state index contributed by atoms with van der Waals surface area (Å²) in [5.74, 6) is -0.295. The van der Waals surface area contributed by atoms with E-state index in [9.17, 15) is 9.59 Å². The second kappa shape index (κ2) is 4.35. The van der Waals surface area contributed by atoms with Crippen LogP contribution < -0.4 is 0 Å². The highest BCUT2D eigenvalue weighted by Gasteiger charge is 2.14. The molecule has 5 heteroatoms. The van der Waals surface area contributed by atoms with Crippen molar-refractivity contribution >= 4 is 44.3 Å². The van der Waals surface area contributed by atoms with Crippen LogP contribution in [0.5, 0.6) is 0 Å². The summed E-state index contributed by atoms with van der Waals surface area (Å²) >= 11 is 2.77. The van der Waals surface area contributed by atoms with Crippen LogP contribution in [-0.2, 0) is 4.74 Å². The molecule has 0 bridgehead atoms. The average Bonchev–Trinajstić information content (AvgIpc) is 2.72. The molecule has 0 aliphatic rings. The van der Waals surface area contributed by atoms with E-state index in [2.05, 4.69) is 0 Å². The first-order valence-electron chi connectivity index (χ1n) is 4.79. The third-order valence-electron chi connectivity index (χ3n) is 1.89. The predicted molar refractivity (Wildman–Crippen MR) is 65.6 cm³/mol. The molecule has 2 rings (SSSR count). The minimum Gasteiger partial charge on any atom is -0.459 e. The highest BCUT2D eigenvalue weighted by Crippen LogP contribution is 2.33. The van der Waals surface area contributed by atoms with Gasteiger partial charge in [0.2, 0.25) is 0 Å². The zero-order chi connectivity index (χ0) is 11.7. The van der Waals surface area contributed by atoms with Crippen LogP contribution in [0.3, 0.4) is 0 Å². The van der Waals surface area contributed by atoms with Gasteiger partial charge in [0.1, 0.15) is 4.88 Å².